The standard InChI is InChI=1S/C11H14BrN3O3/c1-18-10-4-2-3-9(10)14-11-8(12)5-7(6-13-11)15(16)17/h5-6,9-10H,2-4H2,1H3,(H,13,14). The van der Waals surface area contributed by atoms with E-state index >= 15 is 0 Å². The molecule has 0 saturated heterocycles. The largest absolute Gasteiger partial charge is 0.379 e. The molecule has 1 saturated carbocycles. The highest BCUT2D eigenvalue weighted by Gasteiger charge is 2.27. The van der Waals surface area contributed by atoms with Gasteiger partial charge in [0, 0.05) is 13.2 Å². The maximum absolute atomic E-state index is 10.6. The van der Waals surface area contributed by atoms with E-state index in [9.17, 15) is 10.1 Å². The number of anilines is 1. The van der Waals surface area contributed by atoms with E-state index in [1.54, 1.807) is 7.11 Å². The van der Waals surface area contributed by atoms with Crippen LogP contribution in [-0.4, -0.2) is 29.2 Å². The summed E-state index contributed by atoms with van der Waals surface area (Å²) in [4.78, 5) is 14.2. The number of aromatic nitrogens is 1. The average Bonchev–Trinajstić information content (AvgIpc) is 2.78. The molecule has 2 unspecified atom stereocenters. The third-order valence-corrected chi connectivity index (χ3v) is 3.72. The van der Waals surface area contributed by atoms with Crippen molar-refractivity contribution in [2.24, 2.45) is 0 Å². The summed E-state index contributed by atoms with van der Waals surface area (Å²) in [5.41, 5.74) is -0.0258. The average molecular weight is 316 g/mol. The van der Waals surface area contributed by atoms with Crippen LogP contribution in [0, 0.1) is 10.1 Å². The fourth-order valence-corrected chi connectivity index (χ4v) is 2.63. The molecule has 1 heterocycles. The normalized spacial score (nSPS) is 23.0. The quantitative estimate of drug-likeness (QED) is 0.682. The predicted molar refractivity (Wildman–Crippen MR) is 70.7 cm³/mol. The monoisotopic (exact) mass is 315 g/mol. The van der Waals surface area contributed by atoms with Gasteiger partial charge in [0.1, 0.15) is 12.0 Å². The molecule has 2 rings (SSSR count). The van der Waals surface area contributed by atoms with E-state index < -0.39 is 4.92 Å². The number of hydrogen-bond donors (Lipinski definition) is 1. The third-order valence-electron chi connectivity index (χ3n) is 3.11. The van der Waals surface area contributed by atoms with Gasteiger partial charge in [0.05, 0.1) is 21.5 Å². The molecule has 0 radical (unpaired) electrons. The highest BCUT2D eigenvalue weighted by Crippen LogP contribution is 2.29. The Morgan fingerprint density at radius 2 is 2.39 bits per heavy atom. The summed E-state index contributed by atoms with van der Waals surface area (Å²) in [7, 11) is 1.70. The van der Waals surface area contributed by atoms with Crippen LogP contribution >= 0.6 is 15.9 Å². The molecule has 0 amide bonds. The van der Waals surface area contributed by atoms with Gasteiger partial charge in [-0.3, -0.25) is 10.1 Å². The molecule has 1 fully saturated rings. The van der Waals surface area contributed by atoms with Gasteiger partial charge >= 0.3 is 0 Å². The maximum atomic E-state index is 10.6. The molecule has 0 bridgehead atoms. The first-order valence-corrected chi connectivity index (χ1v) is 6.50. The molecule has 98 valence electrons. The number of ether oxygens (including phenoxy) is 1. The highest BCUT2D eigenvalue weighted by molar-refractivity contribution is 9.10. The second-order valence-electron chi connectivity index (χ2n) is 4.24. The minimum atomic E-state index is -0.463. The summed E-state index contributed by atoms with van der Waals surface area (Å²) < 4.78 is 5.98. The lowest BCUT2D eigenvalue weighted by Gasteiger charge is -2.20. The van der Waals surface area contributed by atoms with Crippen LogP contribution in [0.5, 0.6) is 0 Å². The Hall–Kier alpha value is -1.21. The van der Waals surface area contributed by atoms with Crippen molar-refractivity contribution < 1.29 is 9.66 Å². The first kappa shape index (κ1) is 13.2. The molecule has 1 aromatic heterocycles. The van der Waals surface area contributed by atoms with E-state index in [0.29, 0.717) is 10.3 Å². The SMILES string of the molecule is COC1CCCC1Nc1ncc([N+](=O)[O-])cc1Br. The molecule has 1 N–H and O–H groups in total. The lowest BCUT2D eigenvalue weighted by molar-refractivity contribution is -0.385. The molecule has 0 aliphatic heterocycles. The second-order valence-corrected chi connectivity index (χ2v) is 5.09. The first-order chi connectivity index (χ1) is 8.61. The van der Waals surface area contributed by atoms with E-state index in [1.165, 1.54) is 12.3 Å². The minimum Gasteiger partial charge on any atom is -0.379 e. The van der Waals surface area contributed by atoms with Gasteiger partial charge in [-0.25, -0.2) is 4.98 Å². The Morgan fingerprint density at radius 3 is 3.00 bits per heavy atom. The Labute approximate surface area is 113 Å². The van der Waals surface area contributed by atoms with Crippen LogP contribution in [0.3, 0.4) is 0 Å². The summed E-state index contributed by atoms with van der Waals surface area (Å²) in [6.07, 6.45) is 4.58. The lowest BCUT2D eigenvalue weighted by atomic mass is 10.2. The van der Waals surface area contributed by atoms with Gasteiger partial charge in [-0.15, -0.1) is 0 Å². The molecule has 1 aromatic rings. The molecule has 0 spiro atoms. The van der Waals surface area contributed by atoms with Crippen LogP contribution in [-0.2, 0) is 4.74 Å². The Bertz CT molecular complexity index is 455. The maximum Gasteiger partial charge on any atom is 0.288 e. The van der Waals surface area contributed by atoms with Crippen molar-refractivity contribution in [1.82, 2.24) is 4.98 Å². The summed E-state index contributed by atoms with van der Waals surface area (Å²) >= 11 is 3.29. The zero-order chi connectivity index (χ0) is 13.1. The number of methoxy groups -OCH3 is 1. The zero-order valence-corrected chi connectivity index (χ0v) is 11.5. The zero-order valence-electron chi connectivity index (χ0n) is 9.93. The van der Waals surface area contributed by atoms with Crippen LogP contribution in [0.25, 0.3) is 0 Å². The van der Waals surface area contributed by atoms with Crippen molar-refractivity contribution in [2.45, 2.75) is 31.4 Å². The number of halogens is 1. The second kappa shape index (κ2) is 5.62. The number of hydrogen-bond acceptors (Lipinski definition) is 5. The Balaban J connectivity index is 2.12. The van der Waals surface area contributed by atoms with Gasteiger partial charge in [0.25, 0.3) is 5.69 Å². The van der Waals surface area contributed by atoms with Gasteiger partial charge in [0.2, 0.25) is 0 Å². The van der Waals surface area contributed by atoms with E-state index in [1.807, 2.05) is 0 Å². The first-order valence-electron chi connectivity index (χ1n) is 5.71. The lowest BCUT2D eigenvalue weighted by Crippen LogP contribution is -2.30. The van der Waals surface area contributed by atoms with Crippen LogP contribution < -0.4 is 5.32 Å². The van der Waals surface area contributed by atoms with Crippen LogP contribution in [0.1, 0.15) is 19.3 Å². The van der Waals surface area contributed by atoms with Gasteiger partial charge in [-0.2, -0.15) is 0 Å². The van der Waals surface area contributed by atoms with Crippen LogP contribution in [0.15, 0.2) is 16.7 Å². The number of nitro groups is 1. The van der Waals surface area contributed by atoms with Crippen molar-refractivity contribution in [3.05, 3.63) is 26.9 Å². The molecule has 0 aromatic carbocycles. The third kappa shape index (κ3) is 2.78. The minimum absolute atomic E-state index is 0.0258. The summed E-state index contributed by atoms with van der Waals surface area (Å²) in [6.45, 7) is 0. The topological polar surface area (TPSA) is 77.3 Å². The van der Waals surface area contributed by atoms with Gasteiger partial charge < -0.3 is 10.1 Å². The van der Waals surface area contributed by atoms with Crippen molar-refractivity contribution in [1.29, 1.82) is 0 Å². The fraction of sp³-hybridized carbons (Fsp3) is 0.545. The van der Waals surface area contributed by atoms with Crippen molar-refractivity contribution >= 4 is 27.4 Å². The molecular formula is C11H14BrN3O3. The van der Waals surface area contributed by atoms with E-state index in [2.05, 4.69) is 26.2 Å². The summed E-state index contributed by atoms with van der Waals surface area (Å²) in [5.74, 6) is 0.620. The highest BCUT2D eigenvalue weighted by atomic mass is 79.9. The van der Waals surface area contributed by atoms with Gasteiger partial charge in [-0.1, -0.05) is 0 Å². The molecule has 1 aliphatic carbocycles. The van der Waals surface area contributed by atoms with Gasteiger partial charge in [0.15, 0.2) is 0 Å². The molecular weight excluding hydrogens is 302 g/mol. The molecule has 6 nitrogen and oxygen atoms in total. The van der Waals surface area contributed by atoms with Crippen molar-refractivity contribution in [3.8, 4) is 0 Å². The van der Waals surface area contributed by atoms with Crippen molar-refractivity contribution in [2.75, 3.05) is 12.4 Å². The Kier molecular flexibility index (Phi) is 4.13. The summed E-state index contributed by atoms with van der Waals surface area (Å²) in [6, 6.07) is 1.66. The Morgan fingerprint density at radius 1 is 1.61 bits per heavy atom. The number of rotatable bonds is 4. The number of nitrogens with zero attached hydrogens (tertiary/aromatic N) is 2. The van der Waals surface area contributed by atoms with E-state index in [-0.39, 0.29) is 17.8 Å². The summed E-state index contributed by atoms with van der Waals surface area (Å²) in [5, 5.41) is 13.9. The molecule has 1 aliphatic rings. The predicted octanol–water partition coefficient (Wildman–Crippen LogP) is 2.73. The van der Waals surface area contributed by atoms with Crippen molar-refractivity contribution in [3.63, 3.8) is 0 Å². The molecule has 7 heteroatoms. The number of nitrogens with one attached hydrogen (secondary N) is 1. The van der Waals surface area contributed by atoms with Crippen LogP contribution in [0.2, 0.25) is 0 Å². The number of pyridine rings is 1. The van der Waals surface area contributed by atoms with E-state index in [4.69, 9.17) is 4.74 Å². The van der Waals surface area contributed by atoms with Crippen LogP contribution in [0.4, 0.5) is 11.5 Å². The van der Waals surface area contributed by atoms with E-state index in [0.717, 1.165) is 19.3 Å². The fourth-order valence-electron chi connectivity index (χ4n) is 2.18. The molecule has 18 heavy (non-hydrogen) atoms. The smallest absolute Gasteiger partial charge is 0.288 e. The van der Waals surface area contributed by atoms with Gasteiger partial charge in [-0.05, 0) is 35.2 Å². The molecule has 2 atom stereocenters.